The van der Waals surface area contributed by atoms with Gasteiger partial charge in [-0.25, -0.2) is 0 Å². The van der Waals surface area contributed by atoms with Gasteiger partial charge in [0.05, 0.1) is 53.4 Å². The number of hydrogen-bond acceptors (Lipinski definition) is 9. The zero-order valence-corrected chi connectivity index (χ0v) is 33.4. The van der Waals surface area contributed by atoms with Gasteiger partial charge in [-0.2, -0.15) is 0 Å². The van der Waals surface area contributed by atoms with Crippen molar-refractivity contribution in [3.63, 3.8) is 0 Å². The third-order valence-corrected chi connectivity index (χ3v) is 12.8. The van der Waals surface area contributed by atoms with Gasteiger partial charge in [0, 0.05) is 16.7 Å². The van der Waals surface area contributed by atoms with Gasteiger partial charge >= 0.3 is 17.9 Å². The lowest BCUT2D eigenvalue weighted by Gasteiger charge is -2.31. The summed E-state index contributed by atoms with van der Waals surface area (Å²) in [6.07, 6.45) is 15.1. The first-order valence-corrected chi connectivity index (χ1v) is 21.3. The van der Waals surface area contributed by atoms with Crippen molar-refractivity contribution in [3.05, 3.63) is 143 Å². The minimum Gasteiger partial charge on any atom is -0.425 e. The van der Waals surface area contributed by atoms with E-state index in [2.05, 4.69) is 69.5 Å². The molecule has 6 aromatic rings. The summed E-state index contributed by atoms with van der Waals surface area (Å²) in [5.41, 5.74) is 13.7. The van der Waals surface area contributed by atoms with Crippen LogP contribution in [0.1, 0.15) is 71.9 Å². The fourth-order valence-corrected chi connectivity index (χ4v) is 9.52. The summed E-state index contributed by atoms with van der Waals surface area (Å²) in [5.74, 6) is -3.08. The van der Waals surface area contributed by atoms with E-state index in [4.69, 9.17) is 14.2 Å². The fraction of sp³-hybridized carbons (Fsp3) is 0.294. The molecule has 4 aliphatic carbocycles. The van der Waals surface area contributed by atoms with Crippen molar-refractivity contribution >= 4 is 17.9 Å². The lowest BCUT2D eigenvalue weighted by atomic mass is 9.75. The van der Waals surface area contributed by atoms with Gasteiger partial charge < -0.3 is 14.2 Å². The van der Waals surface area contributed by atoms with Crippen molar-refractivity contribution in [3.8, 4) is 51.0 Å². The number of carbonyl (C=O) groups is 3. The normalized spacial score (nSPS) is 18.9. The summed E-state index contributed by atoms with van der Waals surface area (Å²) in [6.45, 7) is 0. The number of hydrogen-bond donors (Lipinski definition) is 0. The van der Waals surface area contributed by atoms with E-state index in [-0.39, 0.29) is 36.5 Å². The molecule has 0 bridgehead atoms. The van der Waals surface area contributed by atoms with Crippen molar-refractivity contribution in [2.75, 3.05) is 0 Å². The minimum absolute atomic E-state index is 0.153. The second kappa shape index (κ2) is 16.3. The standard InChI is InChI=1S/C51H45N3O6/c55-49(58-43-16-19-46(52-28-43)37-13-10-31-4-1-7-34(31)22-37)40-25-41(50(56)59-44-17-20-47(53-29-44)38-14-11-32-5-2-8-35(32)23-38)27-42(26-40)51(57)60-45-18-21-48(54-30-45)39-15-12-33-6-3-9-36(33)24-39/h10-24,28-30,40-42H,1-9,25-27H2. The molecular weight excluding hydrogens is 751 g/mol. The third-order valence-electron chi connectivity index (χ3n) is 12.8. The maximum Gasteiger partial charge on any atom is 0.314 e. The highest BCUT2D eigenvalue weighted by molar-refractivity contribution is 5.83. The Morgan fingerprint density at radius 3 is 0.967 bits per heavy atom. The number of esters is 3. The van der Waals surface area contributed by atoms with E-state index in [0.29, 0.717) is 0 Å². The van der Waals surface area contributed by atoms with Crippen LogP contribution in [0.25, 0.3) is 33.8 Å². The van der Waals surface area contributed by atoms with E-state index in [1.165, 1.54) is 52.6 Å². The van der Waals surface area contributed by atoms with Gasteiger partial charge in [0.2, 0.25) is 0 Å². The number of ether oxygens (including phenoxy) is 3. The first-order chi connectivity index (χ1) is 29.4. The molecule has 3 aromatic heterocycles. The molecule has 0 amide bonds. The fourth-order valence-electron chi connectivity index (χ4n) is 9.52. The van der Waals surface area contributed by atoms with Crippen molar-refractivity contribution in [1.29, 1.82) is 0 Å². The van der Waals surface area contributed by atoms with E-state index in [9.17, 15) is 14.4 Å². The highest BCUT2D eigenvalue weighted by Gasteiger charge is 2.42. The van der Waals surface area contributed by atoms with E-state index >= 15 is 0 Å². The summed E-state index contributed by atoms with van der Waals surface area (Å²) in [7, 11) is 0. The lowest BCUT2D eigenvalue weighted by molar-refractivity contribution is -0.150. The molecule has 60 heavy (non-hydrogen) atoms. The van der Waals surface area contributed by atoms with Gasteiger partial charge in [0.25, 0.3) is 0 Å². The molecule has 0 radical (unpaired) electrons. The molecule has 1 saturated carbocycles. The maximum atomic E-state index is 13.8. The quantitative estimate of drug-likeness (QED) is 0.132. The first-order valence-electron chi connectivity index (χ1n) is 21.3. The van der Waals surface area contributed by atoms with Crippen LogP contribution in [0.2, 0.25) is 0 Å². The van der Waals surface area contributed by atoms with Gasteiger partial charge in [-0.15, -0.1) is 0 Å². The van der Waals surface area contributed by atoms with E-state index < -0.39 is 35.7 Å². The second-order valence-electron chi connectivity index (χ2n) is 16.7. The number of aryl methyl sites for hydroxylation is 6. The second-order valence-corrected chi connectivity index (χ2v) is 16.7. The number of pyridine rings is 3. The Balaban J connectivity index is 0.838. The SMILES string of the molecule is O=C(Oc1ccc(-c2ccc3c(c2)CCC3)nc1)C1CC(C(=O)Oc2ccc(-c3ccc4c(c3)CCC4)nc2)CC(C(=O)Oc2ccc(-c3ccc4c(c3)CCC4)nc2)C1. The van der Waals surface area contributed by atoms with Crippen LogP contribution in [-0.2, 0) is 52.9 Å². The molecule has 0 aliphatic heterocycles. The smallest absolute Gasteiger partial charge is 0.314 e. The van der Waals surface area contributed by atoms with Crippen LogP contribution in [0, 0.1) is 17.8 Å². The Bertz CT molecular complexity index is 2310. The third kappa shape index (κ3) is 7.96. The van der Waals surface area contributed by atoms with Crippen molar-refractivity contribution < 1.29 is 28.6 Å². The van der Waals surface area contributed by atoms with Gasteiger partial charge in [0.15, 0.2) is 0 Å². The molecule has 3 aromatic carbocycles. The summed E-state index contributed by atoms with van der Waals surface area (Å²) < 4.78 is 17.6. The van der Waals surface area contributed by atoms with E-state index in [1.54, 1.807) is 36.8 Å². The molecule has 0 atom stereocenters. The van der Waals surface area contributed by atoms with Crippen LogP contribution in [0.3, 0.4) is 0 Å². The van der Waals surface area contributed by atoms with Crippen molar-refractivity contribution in [2.45, 2.75) is 77.0 Å². The summed E-state index contributed by atoms with van der Waals surface area (Å²) in [4.78, 5) is 55.2. The van der Waals surface area contributed by atoms with Crippen molar-refractivity contribution in [2.24, 2.45) is 17.8 Å². The first kappa shape index (κ1) is 37.8. The number of nitrogens with zero attached hydrogens (tertiary/aromatic N) is 3. The number of fused-ring (bicyclic) bond motifs is 3. The average Bonchev–Trinajstić information content (AvgIpc) is 4.08. The lowest BCUT2D eigenvalue weighted by Crippen LogP contribution is -2.39. The number of benzene rings is 3. The predicted molar refractivity (Wildman–Crippen MR) is 226 cm³/mol. The molecule has 4 aliphatic rings. The molecule has 3 heterocycles. The summed E-state index contributed by atoms with van der Waals surface area (Å²) in [6, 6.07) is 30.0. The summed E-state index contributed by atoms with van der Waals surface area (Å²) in [5, 5.41) is 0. The monoisotopic (exact) mass is 795 g/mol. The van der Waals surface area contributed by atoms with Crippen molar-refractivity contribution in [1.82, 2.24) is 15.0 Å². The van der Waals surface area contributed by atoms with Crippen LogP contribution in [0.5, 0.6) is 17.2 Å². The molecule has 9 heteroatoms. The van der Waals surface area contributed by atoms with Crippen LogP contribution >= 0.6 is 0 Å². The Morgan fingerprint density at radius 2 is 0.683 bits per heavy atom. The Hall–Kier alpha value is -6.48. The molecule has 0 spiro atoms. The Labute approximate surface area is 349 Å². The van der Waals surface area contributed by atoms with Gasteiger partial charge in [-0.05, 0) is 165 Å². The molecule has 9 nitrogen and oxygen atoms in total. The highest BCUT2D eigenvalue weighted by atomic mass is 16.5. The Kier molecular flexibility index (Phi) is 10.3. The van der Waals surface area contributed by atoms with E-state index in [1.807, 2.05) is 18.2 Å². The van der Waals surface area contributed by atoms with Gasteiger partial charge in [-0.1, -0.05) is 36.4 Å². The average molecular weight is 796 g/mol. The molecule has 300 valence electrons. The molecule has 10 rings (SSSR count). The van der Waals surface area contributed by atoms with Crippen LogP contribution in [-0.4, -0.2) is 32.9 Å². The minimum atomic E-state index is -0.772. The van der Waals surface area contributed by atoms with E-state index in [0.717, 1.165) is 72.3 Å². The Morgan fingerprint density at radius 1 is 0.383 bits per heavy atom. The predicted octanol–water partition coefficient (Wildman–Crippen LogP) is 9.49. The summed E-state index contributed by atoms with van der Waals surface area (Å²) >= 11 is 0. The molecule has 0 saturated heterocycles. The molecule has 1 fully saturated rings. The molecule has 0 unspecified atom stereocenters. The van der Waals surface area contributed by atoms with Crippen LogP contribution in [0.4, 0.5) is 0 Å². The van der Waals surface area contributed by atoms with Gasteiger partial charge in [0.1, 0.15) is 17.2 Å². The molecular formula is C51H45N3O6. The topological polar surface area (TPSA) is 118 Å². The largest absolute Gasteiger partial charge is 0.425 e. The number of rotatable bonds is 9. The van der Waals surface area contributed by atoms with Gasteiger partial charge in [-0.3, -0.25) is 29.3 Å². The van der Waals surface area contributed by atoms with Crippen LogP contribution < -0.4 is 14.2 Å². The zero-order valence-electron chi connectivity index (χ0n) is 33.4. The van der Waals surface area contributed by atoms with Crippen LogP contribution in [0.15, 0.2) is 110 Å². The highest BCUT2D eigenvalue weighted by Crippen LogP contribution is 2.38. The maximum absolute atomic E-state index is 13.8. The zero-order chi connectivity index (χ0) is 40.6. The number of carbonyl (C=O) groups excluding carboxylic acids is 3. The molecule has 0 N–H and O–H groups in total. The number of aromatic nitrogens is 3.